The number of rotatable bonds is 3. The van der Waals surface area contributed by atoms with Crippen LogP contribution in [-0.2, 0) is 17.7 Å². The summed E-state index contributed by atoms with van der Waals surface area (Å²) in [5.74, 6) is 1.59. The van der Waals surface area contributed by atoms with Crippen LogP contribution in [0.5, 0.6) is 0 Å². The molecule has 0 aliphatic carbocycles. The summed E-state index contributed by atoms with van der Waals surface area (Å²) in [7, 11) is 0. The van der Waals surface area contributed by atoms with E-state index >= 15 is 0 Å². The Labute approximate surface area is 127 Å². The summed E-state index contributed by atoms with van der Waals surface area (Å²) in [6.07, 6.45) is 6.84. The van der Waals surface area contributed by atoms with Gasteiger partial charge >= 0.3 is 6.09 Å². The molecular formula is C16H27N3O2. The third kappa shape index (κ3) is 4.48. The number of hydrogen-bond donors (Lipinski definition) is 0. The fourth-order valence-corrected chi connectivity index (χ4v) is 2.81. The van der Waals surface area contributed by atoms with Crippen molar-refractivity contribution in [2.75, 3.05) is 13.1 Å². The zero-order valence-corrected chi connectivity index (χ0v) is 13.6. The van der Waals surface area contributed by atoms with Crippen LogP contribution in [0.4, 0.5) is 4.79 Å². The molecule has 1 fully saturated rings. The van der Waals surface area contributed by atoms with Gasteiger partial charge in [-0.05, 0) is 39.5 Å². The van der Waals surface area contributed by atoms with Crippen LogP contribution in [-0.4, -0.2) is 39.2 Å². The summed E-state index contributed by atoms with van der Waals surface area (Å²) < 4.78 is 7.69. The first-order chi connectivity index (χ1) is 9.89. The van der Waals surface area contributed by atoms with Gasteiger partial charge in [-0.15, -0.1) is 0 Å². The van der Waals surface area contributed by atoms with Crippen LogP contribution in [0.25, 0.3) is 0 Å². The van der Waals surface area contributed by atoms with Crippen LogP contribution in [0.1, 0.15) is 46.4 Å². The second-order valence-corrected chi connectivity index (χ2v) is 6.78. The largest absolute Gasteiger partial charge is 0.444 e. The molecule has 1 aromatic rings. The van der Waals surface area contributed by atoms with Gasteiger partial charge in [0.1, 0.15) is 11.4 Å². The van der Waals surface area contributed by atoms with Crippen LogP contribution in [0.2, 0.25) is 0 Å². The lowest BCUT2D eigenvalue weighted by molar-refractivity contribution is 0.0157. The highest BCUT2D eigenvalue weighted by Crippen LogP contribution is 2.21. The molecule has 0 N–H and O–H groups in total. The van der Waals surface area contributed by atoms with Crippen molar-refractivity contribution in [3.05, 3.63) is 18.2 Å². The first-order valence-electron chi connectivity index (χ1n) is 7.87. The zero-order valence-electron chi connectivity index (χ0n) is 13.6. The Hall–Kier alpha value is -1.52. The molecule has 2 heterocycles. The zero-order chi connectivity index (χ0) is 15.5. The first-order valence-corrected chi connectivity index (χ1v) is 7.87. The van der Waals surface area contributed by atoms with E-state index in [-0.39, 0.29) is 6.09 Å². The predicted octanol–water partition coefficient (Wildman–Crippen LogP) is 3.09. The molecule has 2 rings (SSSR count). The Kier molecular flexibility index (Phi) is 4.91. The third-order valence-electron chi connectivity index (χ3n) is 3.74. The number of amides is 1. The normalized spacial score (nSPS) is 19.6. The molecule has 0 radical (unpaired) electrons. The highest BCUT2D eigenvalue weighted by molar-refractivity contribution is 5.68. The van der Waals surface area contributed by atoms with Gasteiger partial charge in [-0.25, -0.2) is 9.78 Å². The van der Waals surface area contributed by atoms with Crippen molar-refractivity contribution >= 4 is 6.09 Å². The molecule has 1 saturated heterocycles. The number of likely N-dealkylation sites (tertiary alicyclic amines) is 1. The van der Waals surface area contributed by atoms with Gasteiger partial charge in [0.05, 0.1) is 0 Å². The van der Waals surface area contributed by atoms with E-state index in [0.717, 1.165) is 44.7 Å². The number of ether oxygens (including phenoxy) is 1. The molecule has 1 atom stereocenters. The highest BCUT2D eigenvalue weighted by atomic mass is 16.6. The van der Waals surface area contributed by atoms with Crippen molar-refractivity contribution in [2.45, 2.75) is 59.1 Å². The molecule has 1 aliphatic rings. The maximum Gasteiger partial charge on any atom is 0.410 e. The highest BCUT2D eigenvalue weighted by Gasteiger charge is 2.27. The van der Waals surface area contributed by atoms with Crippen molar-refractivity contribution in [2.24, 2.45) is 5.92 Å². The van der Waals surface area contributed by atoms with Crippen molar-refractivity contribution in [3.8, 4) is 0 Å². The average Bonchev–Trinajstić information content (AvgIpc) is 2.84. The molecule has 5 nitrogen and oxygen atoms in total. The molecule has 0 aromatic carbocycles. The molecule has 5 heteroatoms. The summed E-state index contributed by atoms with van der Waals surface area (Å²) >= 11 is 0. The van der Waals surface area contributed by atoms with Crippen LogP contribution >= 0.6 is 0 Å². The number of piperidine rings is 1. The Bertz CT molecular complexity index is 476. The molecule has 0 bridgehead atoms. The van der Waals surface area contributed by atoms with Crippen molar-refractivity contribution in [1.82, 2.24) is 14.5 Å². The fraction of sp³-hybridized carbons (Fsp3) is 0.750. The summed E-state index contributed by atoms with van der Waals surface area (Å²) in [6.45, 7) is 10.4. The summed E-state index contributed by atoms with van der Waals surface area (Å²) in [5, 5.41) is 0. The lowest BCUT2D eigenvalue weighted by Crippen LogP contribution is -2.43. The van der Waals surface area contributed by atoms with E-state index in [1.807, 2.05) is 38.1 Å². The van der Waals surface area contributed by atoms with Crippen LogP contribution < -0.4 is 0 Å². The van der Waals surface area contributed by atoms with Gasteiger partial charge in [0, 0.05) is 38.4 Å². The second kappa shape index (κ2) is 6.50. The second-order valence-electron chi connectivity index (χ2n) is 6.78. The van der Waals surface area contributed by atoms with Gasteiger partial charge in [0.2, 0.25) is 0 Å². The molecule has 118 valence electrons. The number of nitrogens with zero attached hydrogens (tertiary/aromatic N) is 3. The van der Waals surface area contributed by atoms with E-state index < -0.39 is 5.60 Å². The topological polar surface area (TPSA) is 47.4 Å². The lowest BCUT2D eigenvalue weighted by Gasteiger charge is -2.34. The minimum atomic E-state index is -0.427. The minimum absolute atomic E-state index is 0.187. The quantitative estimate of drug-likeness (QED) is 0.860. The van der Waals surface area contributed by atoms with Crippen LogP contribution in [0, 0.1) is 5.92 Å². The Morgan fingerprint density at radius 2 is 2.24 bits per heavy atom. The monoisotopic (exact) mass is 293 g/mol. The number of aryl methyl sites for hydroxylation is 1. The fourth-order valence-electron chi connectivity index (χ4n) is 2.81. The summed E-state index contributed by atoms with van der Waals surface area (Å²) in [4.78, 5) is 18.4. The molecule has 0 spiro atoms. The van der Waals surface area contributed by atoms with Crippen molar-refractivity contribution in [1.29, 1.82) is 0 Å². The summed E-state index contributed by atoms with van der Waals surface area (Å²) in [5.41, 5.74) is -0.427. The first kappa shape index (κ1) is 15.9. The number of imidazole rings is 1. The van der Waals surface area contributed by atoms with Gasteiger partial charge in [0.15, 0.2) is 0 Å². The SMILES string of the molecule is CCc1nccn1C[C@@H]1CCCN(C(=O)OC(C)(C)C)C1. The molecule has 1 amide bonds. The smallest absolute Gasteiger partial charge is 0.410 e. The van der Waals surface area contributed by atoms with E-state index in [9.17, 15) is 4.79 Å². The average molecular weight is 293 g/mol. The number of aromatic nitrogens is 2. The molecule has 0 saturated carbocycles. The Morgan fingerprint density at radius 3 is 2.90 bits per heavy atom. The Balaban J connectivity index is 1.93. The number of carbonyl (C=O) groups excluding carboxylic acids is 1. The van der Waals surface area contributed by atoms with E-state index in [1.165, 1.54) is 0 Å². The summed E-state index contributed by atoms with van der Waals surface area (Å²) in [6, 6.07) is 0. The lowest BCUT2D eigenvalue weighted by atomic mass is 9.98. The maximum absolute atomic E-state index is 12.2. The number of hydrogen-bond acceptors (Lipinski definition) is 3. The molecule has 1 aromatic heterocycles. The third-order valence-corrected chi connectivity index (χ3v) is 3.74. The Morgan fingerprint density at radius 1 is 1.48 bits per heavy atom. The van der Waals surface area contributed by atoms with E-state index in [1.54, 1.807) is 0 Å². The van der Waals surface area contributed by atoms with Crippen LogP contribution in [0.15, 0.2) is 12.4 Å². The van der Waals surface area contributed by atoms with E-state index in [2.05, 4.69) is 16.5 Å². The molecule has 1 aliphatic heterocycles. The van der Waals surface area contributed by atoms with Gasteiger partial charge in [-0.1, -0.05) is 6.92 Å². The van der Waals surface area contributed by atoms with Gasteiger partial charge in [-0.2, -0.15) is 0 Å². The van der Waals surface area contributed by atoms with E-state index in [0.29, 0.717) is 5.92 Å². The van der Waals surface area contributed by atoms with Gasteiger partial charge < -0.3 is 14.2 Å². The molecular weight excluding hydrogens is 266 g/mol. The maximum atomic E-state index is 12.2. The number of carbonyl (C=O) groups is 1. The minimum Gasteiger partial charge on any atom is -0.444 e. The van der Waals surface area contributed by atoms with Crippen molar-refractivity contribution < 1.29 is 9.53 Å². The standard InChI is InChI=1S/C16H27N3O2/c1-5-14-17-8-10-18(14)11-13-7-6-9-19(12-13)15(20)21-16(2,3)4/h8,10,13H,5-7,9,11-12H2,1-4H3/t13-/m0/s1. The van der Waals surface area contributed by atoms with Gasteiger partial charge in [0.25, 0.3) is 0 Å². The van der Waals surface area contributed by atoms with Crippen molar-refractivity contribution in [3.63, 3.8) is 0 Å². The predicted molar refractivity (Wildman–Crippen MR) is 82.1 cm³/mol. The molecule has 21 heavy (non-hydrogen) atoms. The molecule has 0 unspecified atom stereocenters. The van der Waals surface area contributed by atoms with Gasteiger partial charge in [-0.3, -0.25) is 0 Å². The van der Waals surface area contributed by atoms with Crippen LogP contribution in [0.3, 0.4) is 0 Å². The van der Waals surface area contributed by atoms with E-state index in [4.69, 9.17) is 4.74 Å².